The maximum absolute atomic E-state index is 12.3. The van der Waals surface area contributed by atoms with Crippen LogP contribution < -0.4 is 0 Å². The van der Waals surface area contributed by atoms with Crippen molar-refractivity contribution in [1.82, 2.24) is 4.90 Å². The minimum Gasteiger partial charge on any atom is -0.508 e. The Labute approximate surface area is 144 Å². The van der Waals surface area contributed by atoms with Gasteiger partial charge >= 0.3 is 0 Å². The van der Waals surface area contributed by atoms with Gasteiger partial charge in [-0.3, -0.25) is 9.69 Å². The molecule has 4 aliphatic rings. The second-order valence-electron chi connectivity index (χ2n) is 8.67. The smallest absolute Gasteiger partial charge is 0.133 e. The van der Waals surface area contributed by atoms with Gasteiger partial charge in [-0.2, -0.15) is 0 Å². The van der Waals surface area contributed by atoms with Crippen molar-refractivity contribution in [1.29, 1.82) is 0 Å². The third kappa shape index (κ3) is 2.10. The lowest BCUT2D eigenvalue weighted by molar-refractivity contribution is -0.127. The van der Waals surface area contributed by atoms with Gasteiger partial charge in [-0.1, -0.05) is 12.5 Å². The molecule has 128 valence electrons. The van der Waals surface area contributed by atoms with Crippen LogP contribution in [0.5, 0.6) is 5.75 Å². The molecule has 1 N–H and O–H groups in total. The first kappa shape index (κ1) is 14.9. The predicted molar refractivity (Wildman–Crippen MR) is 93.2 cm³/mol. The zero-order chi connectivity index (χ0) is 16.3. The van der Waals surface area contributed by atoms with Gasteiger partial charge in [0.1, 0.15) is 11.5 Å². The molecule has 2 unspecified atom stereocenters. The molecular formula is C21H27NO2. The average Bonchev–Trinajstić information content (AvgIpc) is 2.52. The van der Waals surface area contributed by atoms with Gasteiger partial charge in [0.05, 0.1) is 0 Å². The first-order valence-electron chi connectivity index (χ1n) is 9.74. The quantitative estimate of drug-likeness (QED) is 0.905. The maximum Gasteiger partial charge on any atom is 0.133 e. The van der Waals surface area contributed by atoms with Crippen molar-refractivity contribution in [3.05, 3.63) is 29.3 Å². The Kier molecular flexibility index (Phi) is 3.31. The summed E-state index contributed by atoms with van der Waals surface area (Å²) in [5.41, 5.74) is 2.67. The third-order valence-electron chi connectivity index (χ3n) is 7.51. The number of hydrogen-bond donors (Lipinski definition) is 1. The molecule has 1 saturated heterocycles. The van der Waals surface area contributed by atoms with E-state index in [1.165, 1.54) is 36.9 Å². The number of phenolic OH excluding ortho intramolecular Hbond substituents is 1. The van der Waals surface area contributed by atoms with Crippen molar-refractivity contribution in [2.45, 2.75) is 62.8 Å². The summed E-state index contributed by atoms with van der Waals surface area (Å²) in [6.07, 6.45) is 8.90. The molecule has 0 amide bonds. The van der Waals surface area contributed by atoms with Crippen LogP contribution in [0.15, 0.2) is 18.2 Å². The van der Waals surface area contributed by atoms with Gasteiger partial charge in [0.25, 0.3) is 0 Å². The lowest BCUT2D eigenvalue weighted by atomic mass is 9.52. The number of likely N-dealkylation sites (tertiary alicyclic amines) is 1. The Morgan fingerprint density at radius 3 is 2.92 bits per heavy atom. The molecule has 0 spiro atoms. The predicted octanol–water partition coefficient (Wildman–Crippen LogP) is 3.43. The van der Waals surface area contributed by atoms with Gasteiger partial charge in [0.15, 0.2) is 0 Å². The van der Waals surface area contributed by atoms with E-state index >= 15 is 0 Å². The van der Waals surface area contributed by atoms with E-state index < -0.39 is 0 Å². The molecule has 0 aromatic heterocycles. The summed E-state index contributed by atoms with van der Waals surface area (Å²) in [4.78, 5) is 15.1. The van der Waals surface area contributed by atoms with Crippen molar-refractivity contribution in [2.24, 2.45) is 11.8 Å². The molecule has 5 rings (SSSR count). The van der Waals surface area contributed by atoms with Gasteiger partial charge in [-0.25, -0.2) is 0 Å². The van der Waals surface area contributed by atoms with Crippen LogP contribution in [0.4, 0.5) is 0 Å². The summed E-state index contributed by atoms with van der Waals surface area (Å²) in [6.45, 7) is 2.39. The van der Waals surface area contributed by atoms with E-state index in [0.717, 1.165) is 38.1 Å². The number of carbonyl (C=O) groups is 1. The number of piperidine rings is 1. The minimum absolute atomic E-state index is 0.00242. The van der Waals surface area contributed by atoms with Crippen molar-refractivity contribution >= 4 is 5.78 Å². The number of benzene rings is 1. The summed E-state index contributed by atoms with van der Waals surface area (Å²) < 4.78 is 0. The summed E-state index contributed by atoms with van der Waals surface area (Å²) in [6, 6.07) is 6.51. The molecule has 1 aromatic carbocycles. The normalized spacial score (nSPS) is 35.9. The van der Waals surface area contributed by atoms with Gasteiger partial charge < -0.3 is 5.11 Å². The van der Waals surface area contributed by atoms with E-state index in [0.29, 0.717) is 29.9 Å². The standard InChI is InChI=1S/C21H27NO2/c23-16-5-4-15-10-20-18-7-6-17(24)12-21(18,19(15)11-16)8-9-22(20)13-14-2-1-3-14/h4-5,11,14,18,20,23H,1-3,6-10,12-13H2/t18-,20?,21?/m0/s1. The van der Waals surface area contributed by atoms with E-state index in [2.05, 4.69) is 11.0 Å². The van der Waals surface area contributed by atoms with Crippen molar-refractivity contribution in [3.8, 4) is 5.75 Å². The van der Waals surface area contributed by atoms with Crippen LogP contribution in [0.25, 0.3) is 0 Å². The molecule has 3 fully saturated rings. The Bertz CT molecular complexity index is 680. The molecule has 3 aliphatic carbocycles. The van der Waals surface area contributed by atoms with Crippen LogP contribution >= 0.6 is 0 Å². The van der Waals surface area contributed by atoms with E-state index in [-0.39, 0.29) is 5.41 Å². The average molecular weight is 325 g/mol. The fourth-order valence-corrected chi connectivity index (χ4v) is 6.13. The molecule has 0 radical (unpaired) electrons. The molecule has 2 bridgehead atoms. The Morgan fingerprint density at radius 2 is 2.12 bits per heavy atom. The van der Waals surface area contributed by atoms with Crippen LogP contribution in [0.3, 0.4) is 0 Å². The van der Waals surface area contributed by atoms with Crippen LogP contribution in [0.1, 0.15) is 56.1 Å². The van der Waals surface area contributed by atoms with E-state index in [1.54, 1.807) is 0 Å². The summed E-state index contributed by atoms with van der Waals surface area (Å²) in [5, 5.41) is 10.1. The molecule has 2 saturated carbocycles. The van der Waals surface area contributed by atoms with Gasteiger partial charge in [-0.05, 0) is 73.7 Å². The molecule has 3 nitrogen and oxygen atoms in total. The van der Waals surface area contributed by atoms with Crippen molar-refractivity contribution in [3.63, 3.8) is 0 Å². The molecule has 3 atom stereocenters. The maximum atomic E-state index is 12.3. The number of carbonyl (C=O) groups excluding carboxylic acids is 1. The number of fused-ring (bicyclic) bond motifs is 1. The molecule has 1 aliphatic heterocycles. The lowest BCUT2D eigenvalue weighted by Crippen LogP contribution is -2.62. The van der Waals surface area contributed by atoms with Crippen molar-refractivity contribution < 1.29 is 9.90 Å². The largest absolute Gasteiger partial charge is 0.508 e. The molecular weight excluding hydrogens is 298 g/mol. The first-order chi connectivity index (χ1) is 11.7. The topological polar surface area (TPSA) is 40.5 Å². The van der Waals surface area contributed by atoms with Gasteiger partial charge in [-0.15, -0.1) is 0 Å². The highest BCUT2D eigenvalue weighted by Gasteiger charge is 2.55. The molecule has 24 heavy (non-hydrogen) atoms. The molecule has 1 aromatic rings. The summed E-state index contributed by atoms with van der Waals surface area (Å²) in [5.74, 6) is 2.28. The Balaban J connectivity index is 1.56. The van der Waals surface area contributed by atoms with Crippen LogP contribution in [-0.2, 0) is 16.6 Å². The molecule has 3 heteroatoms. The second kappa shape index (κ2) is 5.32. The monoisotopic (exact) mass is 325 g/mol. The number of rotatable bonds is 2. The highest BCUT2D eigenvalue weighted by molar-refractivity contribution is 5.81. The SMILES string of the molecule is O=C1CC[C@H]2C3Cc4ccc(O)cc4C2(CCN3CC2CCC2)C1. The Hall–Kier alpha value is -1.35. The zero-order valence-electron chi connectivity index (χ0n) is 14.3. The van der Waals surface area contributed by atoms with E-state index in [9.17, 15) is 9.90 Å². The summed E-state index contributed by atoms with van der Waals surface area (Å²) in [7, 11) is 0. The lowest BCUT2D eigenvalue weighted by Gasteiger charge is -2.59. The van der Waals surface area contributed by atoms with Crippen LogP contribution in [-0.4, -0.2) is 34.9 Å². The number of phenols is 1. The number of aromatic hydroxyl groups is 1. The number of hydrogen-bond acceptors (Lipinski definition) is 3. The number of Topliss-reactive ketones (excluding diaryl/α,β-unsaturated/α-hetero) is 1. The van der Waals surface area contributed by atoms with Gasteiger partial charge in [0, 0.05) is 30.8 Å². The van der Waals surface area contributed by atoms with E-state index in [4.69, 9.17) is 0 Å². The summed E-state index contributed by atoms with van der Waals surface area (Å²) >= 11 is 0. The second-order valence-corrected chi connectivity index (χ2v) is 8.67. The highest BCUT2D eigenvalue weighted by atomic mass is 16.3. The van der Waals surface area contributed by atoms with Crippen LogP contribution in [0, 0.1) is 11.8 Å². The molecule has 1 heterocycles. The number of ketones is 1. The highest BCUT2D eigenvalue weighted by Crippen LogP contribution is 2.55. The number of nitrogens with zero attached hydrogens (tertiary/aromatic N) is 1. The minimum atomic E-state index is 0.00242. The fourth-order valence-electron chi connectivity index (χ4n) is 6.13. The third-order valence-corrected chi connectivity index (χ3v) is 7.51. The Morgan fingerprint density at radius 1 is 1.25 bits per heavy atom. The fraction of sp³-hybridized carbons (Fsp3) is 0.667. The van der Waals surface area contributed by atoms with Gasteiger partial charge in [0.2, 0.25) is 0 Å². The van der Waals surface area contributed by atoms with Crippen LogP contribution in [0.2, 0.25) is 0 Å². The van der Waals surface area contributed by atoms with E-state index in [1.807, 2.05) is 12.1 Å². The van der Waals surface area contributed by atoms with Crippen molar-refractivity contribution in [2.75, 3.05) is 13.1 Å². The first-order valence-corrected chi connectivity index (χ1v) is 9.74. The zero-order valence-corrected chi connectivity index (χ0v) is 14.3.